The van der Waals surface area contributed by atoms with E-state index < -0.39 is 17.0 Å². The number of para-hydroxylation sites is 2. The van der Waals surface area contributed by atoms with Gasteiger partial charge in [0, 0.05) is 50.9 Å². The number of hydrogen-bond donors (Lipinski definition) is 3. The Morgan fingerprint density at radius 1 is 0.889 bits per heavy atom. The summed E-state index contributed by atoms with van der Waals surface area (Å²) >= 11 is 0. The van der Waals surface area contributed by atoms with E-state index >= 15 is 0 Å². The number of nitrogens with one attached hydrogen (secondary N) is 2. The van der Waals surface area contributed by atoms with Crippen molar-refractivity contribution in [2.75, 3.05) is 32.7 Å². The maximum atomic E-state index is 12.5. The number of urea groups is 1. The molecule has 13 nitrogen and oxygen atoms in total. The first-order chi connectivity index (χ1) is 25.8. The fourth-order valence-electron chi connectivity index (χ4n) is 7.29. The number of fused-ring (bicyclic) bond motifs is 2. The van der Waals surface area contributed by atoms with Gasteiger partial charge < -0.3 is 33.8 Å². The van der Waals surface area contributed by atoms with Gasteiger partial charge in [-0.05, 0) is 89.3 Å². The Balaban J connectivity index is 0.000000189. The van der Waals surface area contributed by atoms with Gasteiger partial charge in [-0.2, -0.15) is 0 Å². The quantitative estimate of drug-likeness (QED) is 0.162. The predicted octanol–water partition coefficient (Wildman–Crippen LogP) is 6.38. The van der Waals surface area contributed by atoms with Crippen LogP contribution < -0.4 is 16.8 Å². The van der Waals surface area contributed by atoms with Crippen molar-refractivity contribution in [1.82, 2.24) is 24.7 Å². The zero-order valence-electron chi connectivity index (χ0n) is 31.6. The SMILES string of the molecule is CC(C)(C)OC(=O)N1CCC(O)(c2cccc3[nH]c(=O)oc23)CC1.Cn1c(=O)oc2c(C3CCN(C(=O)NCCCCc4ccccc4)CC3)cccc21. The van der Waals surface area contributed by atoms with Crippen LogP contribution in [0.4, 0.5) is 9.59 Å². The highest BCUT2D eigenvalue weighted by Gasteiger charge is 2.38. The Kier molecular flexibility index (Phi) is 11.7. The van der Waals surface area contributed by atoms with Gasteiger partial charge in [0.1, 0.15) is 5.60 Å². The second kappa shape index (κ2) is 16.4. The average molecular weight is 742 g/mol. The second-order valence-electron chi connectivity index (χ2n) is 15.3. The van der Waals surface area contributed by atoms with E-state index in [1.807, 2.05) is 49.9 Å². The minimum Gasteiger partial charge on any atom is -0.444 e. The number of rotatable bonds is 7. The summed E-state index contributed by atoms with van der Waals surface area (Å²) in [5, 5.41) is 14.1. The van der Waals surface area contributed by atoms with Crippen LogP contribution in [0.3, 0.4) is 0 Å². The molecule has 7 rings (SSSR count). The Morgan fingerprint density at radius 3 is 2.30 bits per heavy atom. The zero-order chi connectivity index (χ0) is 38.5. The fourth-order valence-corrected chi connectivity index (χ4v) is 7.29. The van der Waals surface area contributed by atoms with Crippen molar-refractivity contribution < 1.29 is 28.3 Å². The molecule has 2 aromatic heterocycles. The molecule has 0 bridgehead atoms. The number of amides is 3. The number of aromatic nitrogens is 2. The number of nitrogens with zero attached hydrogens (tertiary/aromatic N) is 3. The summed E-state index contributed by atoms with van der Waals surface area (Å²) in [5.74, 6) is -0.581. The minimum absolute atomic E-state index is 0.0256. The third-order valence-corrected chi connectivity index (χ3v) is 10.3. The maximum Gasteiger partial charge on any atom is 0.419 e. The maximum absolute atomic E-state index is 12.5. The van der Waals surface area contributed by atoms with E-state index in [4.69, 9.17) is 13.6 Å². The van der Waals surface area contributed by atoms with Gasteiger partial charge in [0.05, 0.1) is 16.6 Å². The number of hydrogen-bond acceptors (Lipinski definition) is 8. The summed E-state index contributed by atoms with van der Waals surface area (Å²) in [6, 6.07) is 21.6. The number of H-pyrrole nitrogens is 1. The van der Waals surface area contributed by atoms with E-state index in [0.717, 1.165) is 43.2 Å². The fraction of sp³-hybridized carbons (Fsp3) is 0.463. The molecule has 0 radical (unpaired) electrons. The molecule has 3 amide bonds. The highest BCUT2D eigenvalue weighted by molar-refractivity contribution is 5.78. The summed E-state index contributed by atoms with van der Waals surface area (Å²) in [5.41, 5.74) is 3.74. The highest BCUT2D eigenvalue weighted by atomic mass is 16.6. The summed E-state index contributed by atoms with van der Waals surface area (Å²) in [6.07, 6.45) is 5.16. The van der Waals surface area contributed by atoms with Crippen LogP contribution in [0.5, 0.6) is 0 Å². The van der Waals surface area contributed by atoms with Crippen molar-refractivity contribution in [2.24, 2.45) is 7.05 Å². The lowest BCUT2D eigenvalue weighted by Gasteiger charge is -2.38. The van der Waals surface area contributed by atoms with Crippen molar-refractivity contribution in [3.63, 3.8) is 0 Å². The molecule has 5 aromatic rings. The van der Waals surface area contributed by atoms with Gasteiger partial charge in [0.25, 0.3) is 0 Å². The van der Waals surface area contributed by atoms with E-state index in [9.17, 15) is 24.3 Å². The molecular formula is C41H51N5O8. The third-order valence-electron chi connectivity index (χ3n) is 10.3. The van der Waals surface area contributed by atoms with E-state index in [1.54, 1.807) is 34.7 Å². The van der Waals surface area contributed by atoms with E-state index in [2.05, 4.69) is 34.6 Å². The minimum atomic E-state index is -1.14. The molecule has 3 N–H and O–H groups in total. The Hall–Kier alpha value is -5.30. The number of aromatic amines is 1. The first-order valence-electron chi connectivity index (χ1n) is 18.8. The van der Waals surface area contributed by atoms with Gasteiger partial charge >= 0.3 is 23.6 Å². The Morgan fingerprint density at radius 2 is 1.59 bits per heavy atom. The molecule has 54 heavy (non-hydrogen) atoms. The third kappa shape index (κ3) is 9.07. The number of carbonyl (C=O) groups excluding carboxylic acids is 2. The summed E-state index contributed by atoms with van der Waals surface area (Å²) in [7, 11) is 1.73. The highest BCUT2D eigenvalue weighted by Crippen LogP contribution is 2.37. The molecule has 3 aromatic carbocycles. The average Bonchev–Trinajstić information content (AvgIpc) is 3.68. The van der Waals surface area contributed by atoms with Crippen LogP contribution in [0.1, 0.15) is 81.9 Å². The smallest absolute Gasteiger partial charge is 0.419 e. The lowest BCUT2D eigenvalue weighted by Crippen LogP contribution is -2.46. The van der Waals surface area contributed by atoms with E-state index in [1.165, 1.54) is 5.56 Å². The molecule has 2 saturated heterocycles. The number of carbonyl (C=O) groups is 2. The first-order valence-corrected chi connectivity index (χ1v) is 18.8. The van der Waals surface area contributed by atoms with Crippen LogP contribution in [0.25, 0.3) is 22.2 Å². The molecule has 2 aliphatic heterocycles. The monoisotopic (exact) mass is 741 g/mol. The number of likely N-dealkylation sites (tertiary alicyclic amines) is 2. The van der Waals surface area contributed by atoms with Crippen LogP contribution >= 0.6 is 0 Å². The molecule has 2 aliphatic rings. The van der Waals surface area contributed by atoms with Crippen molar-refractivity contribution >= 4 is 34.3 Å². The van der Waals surface area contributed by atoms with Crippen molar-refractivity contribution in [3.05, 3.63) is 105 Å². The lowest BCUT2D eigenvalue weighted by molar-refractivity contribution is -0.0352. The van der Waals surface area contributed by atoms with Crippen LogP contribution in [-0.4, -0.2) is 74.9 Å². The van der Waals surface area contributed by atoms with Crippen LogP contribution in [-0.2, 0) is 23.8 Å². The number of benzene rings is 3. The van der Waals surface area contributed by atoms with Gasteiger partial charge in [-0.25, -0.2) is 19.2 Å². The predicted molar refractivity (Wildman–Crippen MR) is 206 cm³/mol. The number of aryl methyl sites for hydroxylation is 2. The van der Waals surface area contributed by atoms with Gasteiger partial charge in [0.15, 0.2) is 11.2 Å². The summed E-state index contributed by atoms with van der Waals surface area (Å²) in [4.78, 5) is 54.0. The van der Waals surface area contributed by atoms with Crippen molar-refractivity contribution in [2.45, 2.75) is 82.8 Å². The topological polar surface area (TPSA) is 163 Å². The number of aliphatic hydroxyl groups is 1. The normalized spacial score (nSPS) is 16.2. The number of ether oxygens (including phenoxy) is 1. The standard InChI is InChI=1S/C24H29N3O3.C17H22N2O5/c1-26-21-12-7-11-20(22(21)30-24(26)29)19-13-16-27(17-14-19)23(28)25-15-6-5-10-18-8-3-2-4-9-18;1-16(2,3)24-15(21)19-9-7-17(22,8-10-19)11-5-4-6-12-13(11)23-14(20)18-12/h2-4,7-9,11-12,19H,5-6,10,13-17H2,1H3,(H,25,28);4-6,22H,7-10H2,1-3H3,(H,18,20). The number of unbranched alkanes of at least 4 members (excludes halogenated alkanes) is 1. The molecule has 0 saturated carbocycles. The van der Waals surface area contributed by atoms with Crippen LogP contribution in [0, 0.1) is 0 Å². The lowest BCUT2D eigenvalue weighted by atomic mass is 9.84. The molecule has 13 heteroatoms. The van der Waals surface area contributed by atoms with Crippen molar-refractivity contribution in [1.29, 1.82) is 0 Å². The van der Waals surface area contributed by atoms with Gasteiger partial charge in [-0.1, -0.05) is 54.6 Å². The summed E-state index contributed by atoms with van der Waals surface area (Å²) in [6.45, 7) is 8.34. The number of oxazole rings is 2. The number of piperidine rings is 2. The largest absolute Gasteiger partial charge is 0.444 e. The molecular weight excluding hydrogens is 690 g/mol. The molecule has 0 spiro atoms. The Labute approximate surface area is 313 Å². The van der Waals surface area contributed by atoms with Crippen LogP contribution in [0.2, 0.25) is 0 Å². The van der Waals surface area contributed by atoms with E-state index in [0.29, 0.717) is 73.7 Å². The molecule has 0 atom stereocenters. The second-order valence-corrected chi connectivity index (χ2v) is 15.3. The van der Waals surface area contributed by atoms with Crippen molar-refractivity contribution in [3.8, 4) is 0 Å². The molecule has 4 heterocycles. The van der Waals surface area contributed by atoms with Gasteiger partial charge in [-0.15, -0.1) is 0 Å². The Bertz CT molecular complexity index is 2160. The summed E-state index contributed by atoms with van der Waals surface area (Å²) < 4.78 is 17.6. The van der Waals surface area contributed by atoms with E-state index in [-0.39, 0.29) is 17.9 Å². The van der Waals surface area contributed by atoms with Crippen LogP contribution in [0.15, 0.2) is 85.2 Å². The molecule has 0 aliphatic carbocycles. The van der Waals surface area contributed by atoms with Gasteiger partial charge in [0.2, 0.25) is 0 Å². The van der Waals surface area contributed by atoms with Gasteiger partial charge in [-0.3, -0.25) is 9.55 Å². The zero-order valence-corrected chi connectivity index (χ0v) is 31.6. The molecule has 2 fully saturated rings. The molecule has 0 unspecified atom stereocenters. The molecule has 288 valence electrons. The first kappa shape index (κ1) is 38.4.